The standard InChI is InChI=1S/C26H31N3O3/c1-27-11-13-32-25-9-8-20-14-22(7-6-21(20)15-25)26(31)28-16-24(30)18-29-12-10-19-4-2-3-5-23(19)17-29/h2-9,14-15,24,27,30H,10-13,16-18H2,1H3,(H,28,31). The summed E-state index contributed by atoms with van der Waals surface area (Å²) in [6, 6.07) is 19.9. The van der Waals surface area contributed by atoms with Gasteiger partial charge in [-0.3, -0.25) is 9.69 Å². The molecule has 168 valence electrons. The van der Waals surface area contributed by atoms with E-state index in [0.29, 0.717) is 18.7 Å². The number of fused-ring (bicyclic) bond motifs is 2. The molecule has 3 aromatic rings. The van der Waals surface area contributed by atoms with Gasteiger partial charge in [0.2, 0.25) is 0 Å². The van der Waals surface area contributed by atoms with Crippen molar-refractivity contribution in [1.29, 1.82) is 0 Å². The number of hydrogen-bond acceptors (Lipinski definition) is 5. The third-order valence-electron chi connectivity index (χ3n) is 5.87. The van der Waals surface area contributed by atoms with Crippen LogP contribution < -0.4 is 15.4 Å². The fourth-order valence-corrected chi connectivity index (χ4v) is 4.11. The van der Waals surface area contributed by atoms with Crippen LogP contribution in [0.5, 0.6) is 5.75 Å². The van der Waals surface area contributed by atoms with Crippen LogP contribution in [-0.4, -0.2) is 61.9 Å². The number of β-amino-alcohol motifs (C(OH)–C–C–N with tert-alkyl or cyclic N) is 1. The lowest BCUT2D eigenvalue weighted by Crippen LogP contribution is -2.42. The average Bonchev–Trinajstić information content (AvgIpc) is 2.82. The number of aliphatic hydroxyl groups is 1. The third-order valence-corrected chi connectivity index (χ3v) is 5.87. The predicted octanol–water partition coefficient (Wildman–Crippen LogP) is 2.59. The van der Waals surface area contributed by atoms with E-state index in [-0.39, 0.29) is 12.5 Å². The largest absolute Gasteiger partial charge is 0.492 e. The number of carbonyl (C=O) groups is 1. The van der Waals surface area contributed by atoms with Gasteiger partial charge in [-0.1, -0.05) is 36.4 Å². The van der Waals surface area contributed by atoms with Gasteiger partial charge in [-0.05, 0) is 59.6 Å². The average molecular weight is 434 g/mol. The lowest BCUT2D eigenvalue weighted by molar-refractivity contribution is 0.0842. The van der Waals surface area contributed by atoms with Gasteiger partial charge in [-0.25, -0.2) is 0 Å². The summed E-state index contributed by atoms with van der Waals surface area (Å²) in [7, 11) is 1.89. The van der Waals surface area contributed by atoms with Gasteiger partial charge in [0.1, 0.15) is 12.4 Å². The molecule has 4 rings (SSSR count). The molecule has 3 aromatic carbocycles. The summed E-state index contributed by atoms with van der Waals surface area (Å²) in [5.41, 5.74) is 3.29. The molecule has 1 amide bonds. The first-order valence-corrected chi connectivity index (χ1v) is 11.2. The maximum Gasteiger partial charge on any atom is 0.251 e. The number of aliphatic hydroxyl groups excluding tert-OH is 1. The van der Waals surface area contributed by atoms with Crippen LogP contribution in [0.1, 0.15) is 21.5 Å². The molecule has 32 heavy (non-hydrogen) atoms. The van der Waals surface area contributed by atoms with Crippen LogP contribution in [0.3, 0.4) is 0 Å². The Balaban J connectivity index is 1.29. The van der Waals surface area contributed by atoms with Gasteiger partial charge >= 0.3 is 0 Å². The zero-order chi connectivity index (χ0) is 22.3. The van der Waals surface area contributed by atoms with E-state index in [0.717, 1.165) is 42.6 Å². The second-order valence-corrected chi connectivity index (χ2v) is 8.29. The van der Waals surface area contributed by atoms with Crippen molar-refractivity contribution in [3.8, 4) is 5.75 Å². The quantitative estimate of drug-likeness (QED) is 0.453. The molecule has 0 bridgehead atoms. The Morgan fingerprint density at radius 2 is 1.88 bits per heavy atom. The molecule has 0 saturated heterocycles. The summed E-state index contributed by atoms with van der Waals surface area (Å²) < 4.78 is 5.71. The third kappa shape index (κ3) is 5.65. The fourth-order valence-electron chi connectivity index (χ4n) is 4.11. The molecule has 0 saturated carbocycles. The minimum atomic E-state index is -0.609. The SMILES string of the molecule is CNCCOc1ccc2cc(C(=O)NCC(O)CN3CCc4ccccc4C3)ccc2c1. The van der Waals surface area contributed by atoms with Crippen molar-refractivity contribution < 1.29 is 14.6 Å². The molecule has 6 nitrogen and oxygen atoms in total. The number of amides is 1. The molecule has 0 fully saturated rings. The Kier molecular flexibility index (Phi) is 7.37. The van der Waals surface area contributed by atoms with Crippen LogP contribution in [0.4, 0.5) is 0 Å². The Morgan fingerprint density at radius 3 is 2.72 bits per heavy atom. The van der Waals surface area contributed by atoms with Crippen LogP contribution in [0, 0.1) is 0 Å². The number of hydrogen-bond donors (Lipinski definition) is 3. The van der Waals surface area contributed by atoms with Crippen molar-refractivity contribution in [2.75, 3.05) is 39.8 Å². The van der Waals surface area contributed by atoms with Gasteiger partial charge in [0.05, 0.1) is 6.10 Å². The molecule has 1 aliphatic rings. The van der Waals surface area contributed by atoms with Crippen LogP contribution in [0.25, 0.3) is 10.8 Å². The number of nitrogens with zero attached hydrogens (tertiary/aromatic N) is 1. The normalized spacial score (nSPS) is 14.7. The molecule has 0 aliphatic carbocycles. The van der Waals surface area contributed by atoms with Crippen LogP contribution >= 0.6 is 0 Å². The van der Waals surface area contributed by atoms with Crippen LogP contribution in [-0.2, 0) is 13.0 Å². The molecular formula is C26H31N3O3. The van der Waals surface area contributed by atoms with Crippen LogP contribution in [0.2, 0.25) is 0 Å². The van der Waals surface area contributed by atoms with E-state index in [1.165, 1.54) is 11.1 Å². The van der Waals surface area contributed by atoms with Gasteiger partial charge in [0.15, 0.2) is 0 Å². The first-order chi connectivity index (χ1) is 15.6. The van der Waals surface area contributed by atoms with E-state index in [1.807, 2.05) is 43.4 Å². The minimum Gasteiger partial charge on any atom is -0.492 e. The monoisotopic (exact) mass is 433 g/mol. The van der Waals surface area contributed by atoms with Gasteiger partial charge in [-0.15, -0.1) is 0 Å². The molecular weight excluding hydrogens is 402 g/mol. The molecule has 6 heteroatoms. The molecule has 1 unspecified atom stereocenters. The number of carbonyl (C=O) groups excluding carboxylic acids is 1. The highest BCUT2D eigenvalue weighted by molar-refractivity contribution is 5.98. The summed E-state index contributed by atoms with van der Waals surface area (Å²) in [6.07, 6.45) is 0.385. The summed E-state index contributed by atoms with van der Waals surface area (Å²) in [4.78, 5) is 14.9. The van der Waals surface area contributed by atoms with E-state index >= 15 is 0 Å². The highest BCUT2D eigenvalue weighted by atomic mass is 16.5. The zero-order valence-electron chi connectivity index (χ0n) is 18.5. The molecule has 1 heterocycles. The zero-order valence-corrected chi connectivity index (χ0v) is 18.5. The second kappa shape index (κ2) is 10.6. The van der Waals surface area contributed by atoms with Gasteiger partial charge in [0, 0.05) is 38.3 Å². The van der Waals surface area contributed by atoms with Crippen molar-refractivity contribution in [2.24, 2.45) is 0 Å². The first kappa shape index (κ1) is 22.3. The van der Waals surface area contributed by atoms with E-state index in [1.54, 1.807) is 0 Å². The van der Waals surface area contributed by atoms with E-state index in [9.17, 15) is 9.90 Å². The van der Waals surface area contributed by atoms with E-state index in [4.69, 9.17) is 4.74 Å². The van der Waals surface area contributed by atoms with E-state index < -0.39 is 6.10 Å². The van der Waals surface area contributed by atoms with Crippen molar-refractivity contribution in [3.05, 3.63) is 77.4 Å². The Morgan fingerprint density at radius 1 is 1.09 bits per heavy atom. The summed E-state index contributed by atoms with van der Waals surface area (Å²) in [5.74, 6) is 0.637. The van der Waals surface area contributed by atoms with Crippen molar-refractivity contribution in [3.63, 3.8) is 0 Å². The number of rotatable bonds is 9. The molecule has 0 spiro atoms. The molecule has 0 aromatic heterocycles. The van der Waals surface area contributed by atoms with Crippen LogP contribution in [0.15, 0.2) is 60.7 Å². The number of benzene rings is 3. The maximum atomic E-state index is 12.6. The number of nitrogens with one attached hydrogen (secondary N) is 2. The Bertz CT molecular complexity index is 1070. The fraction of sp³-hybridized carbons (Fsp3) is 0.346. The van der Waals surface area contributed by atoms with Gasteiger partial charge in [0.25, 0.3) is 5.91 Å². The van der Waals surface area contributed by atoms with Gasteiger partial charge < -0.3 is 20.5 Å². The Hall–Kier alpha value is -2.93. The summed E-state index contributed by atoms with van der Waals surface area (Å²) in [6.45, 7) is 3.93. The number of likely N-dealkylation sites (N-methyl/N-ethyl adjacent to an activating group) is 1. The lowest BCUT2D eigenvalue weighted by atomic mass is 10.00. The van der Waals surface area contributed by atoms with Gasteiger partial charge in [-0.2, -0.15) is 0 Å². The molecule has 1 atom stereocenters. The predicted molar refractivity (Wildman–Crippen MR) is 127 cm³/mol. The molecule has 0 radical (unpaired) electrons. The van der Waals surface area contributed by atoms with Crippen molar-refractivity contribution >= 4 is 16.7 Å². The maximum absolute atomic E-state index is 12.6. The van der Waals surface area contributed by atoms with E-state index in [2.05, 4.69) is 39.8 Å². The molecule has 3 N–H and O–H groups in total. The number of ether oxygens (including phenoxy) is 1. The first-order valence-electron chi connectivity index (χ1n) is 11.2. The lowest BCUT2D eigenvalue weighted by Gasteiger charge is -2.30. The summed E-state index contributed by atoms with van der Waals surface area (Å²) in [5, 5.41) is 18.4. The Labute approximate surface area is 189 Å². The second-order valence-electron chi connectivity index (χ2n) is 8.29. The highest BCUT2D eigenvalue weighted by Gasteiger charge is 2.19. The molecule has 1 aliphatic heterocycles. The minimum absolute atomic E-state index is 0.177. The topological polar surface area (TPSA) is 73.8 Å². The highest BCUT2D eigenvalue weighted by Crippen LogP contribution is 2.22. The smallest absolute Gasteiger partial charge is 0.251 e. The van der Waals surface area contributed by atoms with Crippen molar-refractivity contribution in [2.45, 2.75) is 19.1 Å². The van der Waals surface area contributed by atoms with Crippen molar-refractivity contribution in [1.82, 2.24) is 15.5 Å². The summed E-state index contributed by atoms with van der Waals surface area (Å²) >= 11 is 0.